The third-order valence-electron chi connectivity index (χ3n) is 2.28. The first kappa shape index (κ1) is 14.0. The van der Waals surface area contributed by atoms with Crippen molar-refractivity contribution in [3.05, 3.63) is 28.2 Å². The molecule has 1 N–H and O–H groups in total. The summed E-state index contributed by atoms with van der Waals surface area (Å²) in [5, 5.41) is 9.58. The van der Waals surface area contributed by atoms with Crippen molar-refractivity contribution in [2.24, 2.45) is 0 Å². The Bertz CT molecular complexity index is 405. The minimum Gasteiger partial charge on any atom is -0.483 e. The van der Waals surface area contributed by atoms with Crippen LogP contribution in [0.4, 0.5) is 0 Å². The molecule has 0 aliphatic carbocycles. The molecular weight excluding hydrogens is 286 g/mol. The molecule has 17 heavy (non-hydrogen) atoms. The van der Waals surface area contributed by atoms with Crippen molar-refractivity contribution in [2.45, 2.75) is 13.0 Å². The van der Waals surface area contributed by atoms with Crippen molar-refractivity contribution >= 4 is 21.8 Å². The second-order valence-electron chi connectivity index (χ2n) is 3.93. The summed E-state index contributed by atoms with van der Waals surface area (Å²) in [5.41, 5.74) is 0.666. The molecule has 0 radical (unpaired) electrons. The van der Waals surface area contributed by atoms with Gasteiger partial charge in [-0.15, -0.1) is 0 Å². The molecule has 1 rings (SSSR count). The second-order valence-corrected chi connectivity index (χ2v) is 4.85. The number of amides is 1. The molecule has 0 aliphatic heterocycles. The Labute approximate surface area is 109 Å². The topological polar surface area (TPSA) is 49.8 Å². The number of aliphatic hydroxyl groups excluding tert-OH is 1. The number of nitrogens with zero attached hydrogens (tertiary/aromatic N) is 1. The first-order valence-corrected chi connectivity index (χ1v) is 6.01. The van der Waals surface area contributed by atoms with Gasteiger partial charge in [0, 0.05) is 24.1 Å². The van der Waals surface area contributed by atoms with Crippen LogP contribution in [-0.4, -0.2) is 36.6 Å². The molecule has 0 heterocycles. The van der Waals surface area contributed by atoms with Crippen LogP contribution in [0.2, 0.25) is 0 Å². The average Bonchev–Trinajstić information content (AvgIpc) is 2.25. The number of hydrogen-bond acceptors (Lipinski definition) is 3. The number of likely N-dealkylation sites (N-methyl/N-ethyl adjacent to an activating group) is 1. The zero-order valence-electron chi connectivity index (χ0n) is 10.1. The lowest BCUT2D eigenvalue weighted by Gasteiger charge is -2.15. The molecule has 0 saturated heterocycles. The monoisotopic (exact) mass is 301 g/mol. The van der Waals surface area contributed by atoms with Gasteiger partial charge in [0.15, 0.2) is 6.61 Å². The van der Waals surface area contributed by atoms with Gasteiger partial charge in [-0.25, -0.2) is 0 Å². The van der Waals surface area contributed by atoms with E-state index in [1.807, 2.05) is 6.07 Å². The first-order chi connectivity index (χ1) is 7.91. The number of hydrogen-bond donors (Lipinski definition) is 1. The zero-order chi connectivity index (χ0) is 13.0. The largest absolute Gasteiger partial charge is 0.483 e. The van der Waals surface area contributed by atoms with Gasteiger partial charge in [0.2, 0.25) is 0 Å². The Morgan fingerprint density at radius 2 is 2.18 bits per heavy atom. The fourth-order valence-electron chi connectivity index (χ4n) is 1.25. The highest BCUT2D eigenvalue weighted by atomic mass is 79.9. The van der Waals surface area contributed by atoms with Crippen LogP contribution in [-0.2, 0) is 4.79 Å². The van der Waals surface area contributed by atoms with Crippen molar-refractivity contribution in [3.63, 3.8) is 0 Å². The summed E-state index contributed by atoms with van der Waals surface area (Å²) in [7, 11) is 3.34. The van der Waals surface area contributed by atoms with E-state index in [0.29, 0.717) is 11.3 Å². The van der Waals surface area contributed by atoms with Crippen molar-refractivity contribution in [1.29, 1.82) is 0 Å². The smallest absolute Gasteiger partial charge is 0.259 e. The molecule has 0 spiro atoms. The van der Waals surface area contributed by atoms with Crippen LogP contribution in [0.5, 0.6) is 5.75 Å². The van der Waals surface area contributed by atoms with Gasteiger partial charge in [-0.2, -0.15) is 0 Å². The molecule has 94 valence electrons. The van der Waals surface area contributed by atoms with Gasteiger partial charge >= 0.3 is 0 Å². The Balaban J connectivity index is 2.82. The molecule has 0 fully saturated rings. The second kappa shape index (κ2) is 6.02. The minimum atomic E-state index is -0.632. The van der Waals surface area contributed by atoms with Gasteiger partial charge in [-0.1, -0.05) is 22.0 Å². The number of halogens is 1. The van der Waals surface area contributed by atoms with Crippen molar-refractivity contribution in [1.82, 2.24) is 4.90 Å². The summed E-state index contributed by atoms with van der Waals surface area (Å²) in [6.07, 6.45) is -0.632. The van der Waals surface area contributed by atoms with E-state index < -0.39 is 6.10 Å². The van der Waals surface area contributed by atoms with Gasteiger partial charge in [-0.05, 0) is 19.1 Å². The lowest BCUT2D eigenvalue weighted by atomic mass is 10.1. The highest BCUT2D eigenvalue weighted by Gasteiger charge is 2.12. The lowest BCUT2D eigenvalue weighted by Crippen LogP contribution is -2.27. The maximum Gasteiger partial charge on any atom is 0.259 e. The third-order valence-corrected chi connectivity index (χ3v) is 2.77. The van der Waals surface area contributed by atoms with Crippen molar-refractivity contribution < 1.29 is 14.6 Å². The molecule has 0 aromatic heterocycles. The number of carbonyl (C=O) groups is 1. The van der Waals surface area contributed by atoms with Gasteiger partial charge in [0.05, 0.1) is 6.10 Å². The van der Waals surface area contributed by atoms with Crippen LogP contribution in [0, 0.1) is 0 Å². The van der Waals surface area contributed by atoms with Gasteiger partial charge in [0.25, 0.3) is 5.91 Å². The molecule has 5 heteroatoms. The minimum absolute atomic E-state index is 0.0385. The highest BCUT2D eigenvalue weighted by Crippen LogP contribution is 2.28. The highest BCUT2D eigenvalue weighted by molar-refractivity contribution is 9.10. The normalized spacial score (nSPS) is 12.1. The fourth-order valence-corrected chi connectivity index (χ4v) is 1.59. The van der Waals surface area contributed by atoms with Crippen molar-refractivity contribution in [2.75, 3.05) is 20.7 Å². The van der Waals surface area contributed by atoms with E-state index >= 15 is 0 Å². The number of benzene rings is 1. The quantitative estimate of drug-likeness (QED) is 0.925. The van der Waals surface area contributed by atoms with Crippen LogP contribution in [0.15, 0.2) is 22.7 Å². The standard InChI is InChI=1S/C12H16BrNO3/c1-8(15)10-5-4-9(13)6-11(10)17-7-12(16)14(2)3/h4-6,8,15H,7H2,1-3H3. The Morgan fingerprint density at radius 3 is 2.71 bits per heavy atom. The van der Waals surface area contributed by atoms with Crippen LogP contribution in [0.3, 0.4) is 0 Å². The Hall–Kier alpha value is -1.07. The van der Waals surface area contributed by atoms with E-state index in [1.54, 1.807) is 33.2 Å². The summed E-state index contributed by atoms with van der Waals surface area (Å²) < 4.78 is 6.26. The molecule has 1 amide bonds. The predicted molar refractivity (Wildman–Crippen MR) is 69.0 cm³/mol. The molecule has 0 saturated carbocycles. The van der Waals surface area contributed by atoms with E-state index in [4.69, 9.17) is 4.74 Å². The van der Waals surface area contributed by atoms with Crippen LogP contribution < -0.4 is 4.74 Å². The number of rotatable bonds is 4. The number of ether oxygens (including phenoxy) is 1. The first-order valence-electron chi connectivity index (χ1n) is 5.22. The maximum absolute atomic E-state index is 11.4. The zero-order valence-corrected chi connectivity index (χ0v) is 11.7. The fraction of sp³-hybridized carbons (Fsp3) is 0.417. The molecular formula is C12H16BrNO3. The summed E-state index contributed by atoms with van der Waals surface area (Å²) in [4.78, 5) is 12.9. The lowest BCUT2D eigenvalue weighted by molar-refractivity contribution is -0.130. The van der Waals surface area contributed by atoms with E-state index in [-0.39, 0.29) is 12.5 Å². The molecule has 1 atom stereocenters. The molecule has 0 aliphatic rings. The third kappa shape index (κ3) is 4.02. The Kier molecular flexibility index (Phi) is 4.96. The maximum atomic E-state index is 11.4. The summed E-state index contributed by atoms with van der Waals surface area (Å²) in [6.45, 7) is 1.62. The van der Waals surface area contributed by atoms with E-state index in [2.05, 4.69) is 15.9 Å². The average molecular weight is 302 g/mol. The van der Waals surface area contributed by atoms with E-state index in [9.17, 15) is 9.90 Å². The number of aliphatic hydroxyl groups is 1. The SMILES string of the molecule is CC(O)c1ccc(Br)cc1OCC(=O)N(C)C. The number of carbonyl (C=O) groups excluding carboxylic acids is 1. The van der Waals surface area contributed by atoms with Crippen LogP contribution >= 0.6 is 15.9 Å². The van der Waals surface area contributed by atoms with Crippen LogP contribution in [0.1, 0.15) is 18.6 Å². The Morgan fingerprint density at radius 1 is 1.53 bits per heavy atom. The van der Waals surface area contributed by atoms with E-state index in [1.165, 1.54) is 4.90 Å². The summed E-state index contributed by atoms with van der Waals surface area (Å²) in [5.74, 6) is 0.395. The van der Waals surface area contributed by atoms with Crippen LogP contribution in [0.25, 0.3) is 0 Å². The van der Waals surface area contributed by atoms with Crippen molar-refractivity contribution in [3.8, 4) is 5.75 Å². The molecule has 4 nitrogen and oxygen atoms in total. The van der Waals surface area contributed by atoms with Gasteiger partial charge < -0.3 is 14.7 Å². The molecule has 1 aromatic rings. The van der Waals surface area contributed by atoms with E-state index in [0.717, 1.165) is 4.47 Å². The molecule has 1 aromatic carbocycles. The van der Waals surface area contributed by atoms with Gasteiger partial charge in [0.1, 0.15) is 5.75 Å². The summed E-state index contributed by atoms with van der Waals surface area (Å²) >= 11 is 3.32. The molecule has 1 unspecified atom stereocenters. The van der Waals surface area contributed by atoms with Gasteiger partial charge in [-0.3, -0.25) is 4.79 Å². The summed E-state index contributed by atoms with van der Waals surface area (Å²) in [6, 6.07) is 5.33. The molecule has 0 bridgehead atoms. The predicted octanol–water partition coefficient (Wildman–Crippen LogP) is 1.97.